The number of aromatic nitrogens is 3. The van der Waals surface area contributed by atoms with Crippen molar-refractivity contribution < 1.29 is 9.90 Å². The van der Waals surface area contributed by atoms with Gasteiger partial charge >= 0.3 is 5.97 Å². The van der Waals surface area contributed by atoms with E-state index < -0.39 is 11.4 Å². The Bertz CT molecular complexity index is 590. The first-order valence-corrected chi connectivity index (χ1v) is 6.17. The number of carbonyl (C=O) groups is 1. The van der Waals surface area contributed by atoms with E-state index >= 15 is 0 Å². The maximum absolute atomic E-state index is 11.1. The summed E-state index contributed by atoms with van der Waals surface area (Å²) < 4.78 is 1.60. The van der Waals surface area contributed by atoms with Gasteiger partial charge in [-0.15, -0.1) is 5.10 Å². The Labute approximate surface area is 115 Å². The summed E-state index contributed by atoms with van der Waals surface area (Å²) in [4.78, 5) is 11.1. The lowest BCUT2D eigenvalue weighted by Crippen LogP contribution is -2.26. The van der Waals surface area contributed by atoms with Gasteiger partial charge in [0.1, 0.15) is 0 Å². The molecule has 0 saturated carbocycles. The number of aliphatic carboxylic acids is 1. The van der Waals surface area contributed by atoms with E-state index in [9.17, 15) is 4.79 Å². The highest BCUT2D eigenvalue weighted by atomic mass is 35.5. The summed E-state index contributed by atoms with van der Waals surface area (Å²) >= 11 is 5.82. The molecular weight excluding hydrogens is 266 g/mol. The topological polar surface area (TPSA) is 68.0 Å². The van der Waals surface area contributed by atoms with Crippen LogP contribution in [0.2, 0.25) is 5.02 Å². The number of benzene rings is 1. The normalized spacial score (nSPS) is 11.5. The average Bonchev–Trinajstić information content (AvgIpc) is 2.77. The van der Waals surface area contributed by atoms with Gasteiger partial charge in [0.2, 0.25) is 0 Å². The van der Waals surface area contributed by atoms with Crippen molar-refractivity contribution in [3.05, 3.63) is 41.2 Å². The molecule has 5 nitrogen and oxygen atoms in total. The first kappa shape index (κ1) is 13.5. The van der Waals surface area contributed by atoms with E-state index in [0.717, 1.165) is 5.69 Å². The summed E-state index contributed by atoms with van der Waals surface area (Å²) in [6.45, 7) is 3.33. The maximum Gasteiger partial charge on any atom is 0.309 e. The number of hydrogen-bond donors (Lipinski definition) is 1. The van der Waals surface area contributed by atoms with Crippen molar-refractivity contribution in [1.82, 2.24) is 15.0 Å². The highest BCUT2D eigenvalue weighted by Gasteiger charge is 2.28. The third-order valence-electron chi connectivity index (χ3n) is 2.83. The molecule has 6 heteroatoms. The zero-order valence-corrected chi connectivity index (χ0v) is 11.4. The number of carboxylic acid groups (broad SMARTS) is 1. The summed E-state index contributed by atoms with van der Waals surface area (Å²) in [5, 5.41) is 17.7. The van der Waals surface area contributed by atoms with E-state index in [1.165, 1.54) is 0 Å². The van der Waals surface area contributed by atoms with Crippen LogP contribution >= 0.6 is 11.6 Å². The van der Waals surface area contributed by atoms with Crippen LogP contribution in [0.15, 0.2) is 30.5 Å². The Morgan fingerprint density at radius 3 is 2.58 bits per heavy atom. The van der Waals surface area contributed by atoms with E-state index in [1.807, 2.05) is 12.1 Å². The second-order valence-electron chi connectivity index (χ2n) is 5.00. The average molecular weight is 280 g/mol. The van der Waals surface area contributed by atoms with Crippen molar-refractivity contribution in [2.24, 2.45) is 5.41 Å². The molecule has 0 radical (unpaired) electrons. The van der Waals surface area contributed by atoms with Crippen LogP contribution in [0, 0.1) is 5.41 Å². The van der Waals surface area contributed by atoms with Crippen molar-refractivity contribution in [2.45, 2.75) is 20.3 Å². The van der Waals surface area contributed by atoms with Crippen LogP contribution in [-0.2, 0) is 11.2 Å². The van der Waals surface area contributed by atoms with Crippen molar-refractivity contribution in [2.75, 3.05) is 0 Å². The number of carboxylic acids is 1. The van der Waals surface area contributed by atoms with Gasteiger partial charge in [0.25, 0.3) is 0 Å². The van der Waals surface area contributed by atoms with Crippen LogP contribution in [0.5, 0.6) is 0 Å². The molecule has 0 aliphatic carbocycles. The maximum atomic E-state index is 11.1. The lowest BCUT2D eigenvalue weighted by atomic mass is 9.88. The zero-order valence-electron chi connectivity index (χ0n) is 10.7. The minimum absolute atomic E-state index is 0.329. The van der Waals surface area contributed by atoms with Gasteiger partial charge in [-0.2, -0.15) is 0 Å². The molecule has 0 atom stereocenters. The molecule has 0 spiro atoms. The van der Waals surface area contributed by atoms with E-state index in [4.69, 9.17) is 16.7 Å². The third-order valence-corrected chi connectivity index (χ3v) is 3.09. The lowest BCUT2D eigenvalue weighted by Gasteiger charge is -2.16. The molecule has 1 aromatic heterocycles. The Hall–Kier alpha value is -1.88. The molecule has 100 valence electrons. The highest BCUT2D eigenvalue weighted by molar-refractivity contribution is 6.30. The second-order valence-corrected chi connectivity index (χ2v) is 5.43. The fourth-order valence-electron chi connectivity index (χ4n) is 1.63. The number of nitrogens with zero attached hydrogens (tertiary/aromatic N) is 3. The molecule has 0 aliphatic heterocycles. The summed E-state index contributed by atoms with van der Waals surface area (Å²) in [6.07, 6.45) is 2.06. The molecule has 0 fully saturated rings. The van der Waals surface area contributed by atoms with Gasteiger partial charge in [-0.1, -0.05) is 16.8 Å². The first-order valence-electron chi connectivity index (χ1n) is 5.79. The molecule has 0 amide bonds. The molecule has 2 aromatic rings. The van der Waals surface area contributed by atoms with Gasteiger partial charge in [0.15, 0.2) is 0 Å². The fourth-order valence-corrected chi connectivity index (χ4v) is 1.75. The van der Waals surface area contributed by atoms with Gasteiger partial charge in [-0.25, -0.2) is 4.68 Å². The molecule has 0 aliphatic rings. The lowest BCUT2D eigenvalue weighted by molar-refractivity contribution is -0.146. The van der Waals surface area contributed by atoms with Gasteiger partial charge in [-0.3, -0.25) is 4.79 Å². The molecule has 1 heterocycles. The molecule has 0 saturated heterocycles. The minimum atomic E-state index is -0.860. The van der Waals surface area contributed by atoms with Crippen molar-refractivity contribution in [1.29, 1.82) is 0 Å². The van der Waals surface area contributed by atoms with Gasteiger partial charge in [0.05, 0.1) is 23.0 Å². The molecule has 1 N–H and O–H groups in total. The SMILES string of the molecule is CC(C)(Cc1cn(-c2ccc(Cl)cc2)nn1)C(=O)O. The van der Waals surface area contributed by atoms with Crippen molar-refractivity contribution in [3.63, 3.8) is 0 Å². The predicted octanol–water partition coefficient (Wildman–Crippen LogP) is 2.57. The van der Waals surface area contributed by atoms with E-state index in [-0.39, 0.29) is 0 Å². The van der Waals surface area contributed by atoms with Crippen LogP contribution in [0.4, 0.5) is 0 Å². The number of halogens is 1. The van der Waals surface area contributed by atoms with Crippen molar-refractivity contribution >= 4 is 17.6 Å². The summed E-state index contributed by atoms with van der Waals surface area (Å²) in [5.74, 6) is -0.853. The smallest absolute Gasteiger partial charge is 0.309 e. The Kier molecular flexibility index (Phi) is 3.57. The van der Waals surface area contributed by atoms with Crippen LogP contribution in [0.25, 0.3) is 5.69 Å². The quantitative estimate of drug-likeness (QED) is 0.934. The Morgan fingerprint density at radius 1 is 1.37 bits per heavy atom. The molecular formula is C13H14ClN3O2. The van der Waals surface area contributed by atoms with Crippen LogP contribution < -0.4 is 0 Å². The molecule has 0 unspecified atom stereocenters. The second kappa shape index (κ2) is 5.01. The molecule has 0 bridgehead atoms. The number of hydrogen-bond acceptors (Lipinski definition) is 3. The minimum Gasteiger partial charge on any atom is -0.481 e. The van der Waals surface area contributed by atoms with Crippen LogP contribution in [0.1, 0.15) is 19.5 Å². The van der Waals surface area contributed by atoms with Crippen LogP contribution in [-0.4, -0.2) is 26.1 Å². The van der Waals surface area contributed by atoms with Crippen molar-refractivity contribution in [3.8, 4) is 5.69 Å². The summed E-state index contributed by atoms with van der Waals surface area (Å²) in [7, 11) is 0. The molecule has 2 rings (SSSR count). The van der Waals surface area contributed by atoms with E-state index in [0.29, 0.717) is 17.1 Å². The monoisotopic (exact) mass is 279 g/mol. The molecule has 19 heavy (non-hydrogen) atoms. The molecule has 1 aromatic carbocycles. The van der Waals surface area contributed by atoms with Gasteiger partial charge < -0.3 is 5.11 Å². The Morgan fingerprint density at radius 2 is 2.00 bits per heavy atom. The van der Waals surface area contributed by atoms with Crippen LogP contribution in [0.3, 0.4) is 0 Å². The standard InChI is InChI=1S/C13H14ClN3O2/c1-13(2,12(18)19)7-10-8-17(16-15-10)11-5-3-9(14)4-6-11/h3-6,8H,7H2,1-2H3,(H,18,19). The predicted molar refractivity (Wildman–Crippen MR) is 71.5 cm³/mol. The summed E-state index contributed by atoms with van der Waals surface area (Å²) in [5.41, 5.74) is 0.611. The summed E-state index contributed by atoms with van der Waals surface area (Å²) in [6, 6.07) is 7.17. The third kappa shape index (κ3) is 3.12. The Balaban J connectivity index is 2.20. The zero-order chi connectivity index (χ0) is 14.0. The van der Waals surface area contributed by atoms with Gasteiger partial charge in [-0.05, 0) is 38.1 Å². The first-order chi connectivity index (χ1) is 8.88. The van der Waals surface area contributed by atoms with E-state index in [1.54, 1.807) is 36.9 Å². The highest BCUT2D eigenvalue weighted by Crippen LogP contribution is 2.21. The largest absolute Gasteiger partial charge is 0.481 e. The number of rotatable bonds is 4. The fraction of sp³-hybridized carbons (Fsp3) is 0.308. The van der Waals surface area contributed by atoms with Gasteiger partial charge in [0, 0.05) is 11.4 Å². The van der Waals surface area contributed by atoms with E-state index in [2.05, 4.69) is 10.3 Å².